The van der Waals surface area contributed by atoms with Gasteiger partial charge in [-0.2, -0.15) is 0 Å². The van der Waals surface area contributed by atoms with Crippen LogP contribution in [0, 0.1) is 32.6 Å². The zero-order chi connectivity index (χ0) is 35.9. The Morgan fingerprint density at radius 2 is 1.35 bits per heavy atom. The molecular weight excluding hydrogens is 600 g/mol. The lowest BCUT2D eigenvalue weighted by molar-refractivity contribution is -0.142. The summed E-state index contributed by atoms with van der Waals surface area (Å²) in [5.74, 6) is 1.74. The van der Waals surface area contributed by atoms with Gasteiger partial charge in [0.1, 0.15) is 11.5 Å². The highest BCUT2D eigenvalue weighted by molar-refractivity contribution is 5.79. The van der Waals surface area contributed by atoms with Crippen LogP contribution in [0.15, 0.2) is 0 Å². The SMILES string of the molecule is CCC(CC)CCOC(CC)CC.Cc1c(C)c2c(c(C)c1OC(=O)CCC(=O)O)CCC(CCCCCCCCCCCC(C)C)O2. The van der Waals surface area contributed by atoms with Gasteiger partial charge in [-0.3, -0.25) is 9.59 Å². The first-order valence-corrected chi connectivity index (χ1v) is 19.8. The highest BCUT2D eigenvalue weighted by atomic mass is 16.5. The first-order valence-electron chi connectivity index (χ1n) is 19.8. The molecule has 0 saturated carbocycles. The van der Waals surface area contributed by atoms with E-state index >= 15 is 0 Å². The van der Waals surface area contributed by atoms with Crippen LogP contribution in [0.3, 0.4) is 0 Å². The van der Waals surface area contributed by atoms with Crippen molar-refractivity contribution in [2.24, 2.45) is 11.8 Å². The normalized spacial score (nSPS) is 14.1. The number of aliphatic carboxylic acids is 1. The summed E-state index contributed by atoms with van der Waals surface area (Å²) in [5, 5.41) is 8.81. The van der Waals surface area contributed by atoms with Crippen LogP contribution in [0.4, 0.5) is 0 Å². The molecule has 1 aromatic carbocycles. The largest absolute Gasteiger partial charge is 0.490 e. The number of carboxylic acids is 1. The molecule has 0 amide bonds. The zero-order valence-corrected chi connectivity index (χ0v) is 32.6. The lowest BCUT2D eigenvalue weighted by Crippen LogP contribution is -2.24. The summed E-state index contributed by atoms with van der Waals surface area (Å²) in [7, 11) is 0. The summed E-state index contributed by atoms with van der Waals surface area (Å²) in [4.78, 5) is 22.9. The number of carboxylic acid groups (broad SMARTS) is 1. The second-order valence-electron chi connectivity index (χ2n) is 14.6. The molecular formula is C42H74O6. The standard InChI is InChI=1S/C30H48O5.C12H26O/c1-21(2)15-13-11-9-7-6-8-10-12-14-16-25-17-18-26-24(5)29(22(3)23(4)30(26)34-25)35-28(33)20-19-27(31)32;1-5-11(6-2)9-10-13-12(7-3)8-4/h21,25H,6-20H2,1-5H3,(H,31,32);11-12H,5-10H2,1-4H3. The molecule has 0 saturated heterocycles. The Bertz CT molecular complexity index is 1010. The maximum absolute atomic E-state index is 12.1. The number of hydrogen-bond donors (Lipinski definition) is 1. The molecule has 0 bridgehead atoms. The fourth-order valence-electron chi connectivity index (χ4n) is 6.66. The Kier molecular flexibility index (Phi) is 23.6. The van der Waals surface area contributed by atoms with Crippen molar-refractivity contribution in [2.75, 3.05) is 6.61 Å². The molecule has 1 atom stereocenters. The van der Waals surface area contributed by atoms with Crippen LogP contribution < -0.4 is 9.47 Å². The zero-order valence-electron chi connectivity index (χ0n) is 32.6. The number of rotatable bonds is 24. The molecule has 1 aliphatic rings. The molecule has 48 heavy (non-hydrogen) atoms. The minimum Gasteiger partial charge on any atom is -0.490 e. The number of carbonyl (C=O) groups is 2. The number of carbonyl (C=O) groups excluding carboxylic acids is 1. The van der Waals surface area contributed by atoms with Gasteiger partial charge >= 0.3 is 11.9 Å². The molecule has 1 unspecified atom stereocenters. The van der Waals surface area contributed by atoms with Crippen LogP contribution >= 0.6 is 0 Å². The van der Waals surface area contributed by atoms with Crippen LogP contribution in [-0.4, -0.2) is 35.9 Å². The van der Waals surface area contributed by atoms with Crippen molar-refractivity contribution in [3.05, 3.63) is 22.3 Å². The molecule has 1 heterocycles. The van der Waals surface area contributed by atoms with Gasteiger partial charge in [0.25, 0.3) is 0 Å². The van der Waals surface area contributed by atoms with Gasteiger partial charge in [0.05, 0.1) is 25.0 Å². The van der Waals surface area contributed by atoms with Crippen molar-refractivity contribution in [1.82, 2.24) is 0 Å². The van der Waals surface area contributed by atoms with Crippen LogP contribution in [0.5, 0.6) is 11.5 Å². The summed E-state index contributed by atoms with van der Waals surface area (Å²) in [6.07, 6.45) is 23.0. The summed E-state index contributed by atoms with van der Waals surface area (Å²) in [6.45, 7) is 20.5. The molecule has 2 rings (SSSR count). The van der Waals surface area contributed by atoms with E-state index in [1.807, 2.05) is 20.8 Å². The third kappa shape index (κ3) is 17.5. The lowest BCUT2D eigenvalue weighted by Gasteiger charge is -2.30. The number of ether oxygens (including phenoxy) is 3. The van der Waals surface area contributed by atoms with E-state index in [4.69, 9.17) is 19.3 Å². The van der Waals surface area contributed by atoms with E-state index in [0.717, 1.165) is 78.6 Å². The number of esters is 1. The third-order valence-corrected chi connectivity index (χ3v) is 10.3. The van der Waals surface area contributed by atoms with Crippen LogP contribution in [0.1, 0.15) is 186 Å². The van der Waals surface area contributed by atoms with E-state index in [0.29, 0.717) is 11.9 Å². The maximum atomic E-state index is 12.1. The third-order valence-electron chi connectivity index (χ3n) is 10.3. The predicted molar refractivity (Wildman–Crippen MR) is 201 cm³/mol. The summed E-state index contributed by atoms with van der Waals surface area (Å²) in [5.41, 5.74) is 3.98. The Labute approximate surface area is 295 Å². The number of hydrogen-bond acceptors (Lipinski definition) is 5. The molecule has 6 nitrogen and oxygen atoms in total. The molecule has 0 aliphatic carbocycles. The highest BCUT2D eigenvalue weighted by Gasteiger charge is 2.27. The summed E-state index contributed by atoms with van der Waals surface area (Å²) >= 11 is 0. The van der Waals surface area contributed by atoms with Crippen LogP contribution in [-0.2, 0) is 20.7 Å². The lowest BCUT2D eigenvalue weighted by atomic mass is 9.90. The van der Waals surface area contributed by atoms with Gasteiger partial charge in [0.15, 0.2) is 0 Å². The van der Waals surface area contributed by atoms with Crippen molar-refractivity contribution in [3.8, 4) is 11.5 Å². The first-order chi connectivity index (χ1) is 23.0. The van der Waals surface area contributed by atoms with Crippen LogP contribution in [0.25, 0.3) is 0 Å². The van der Waals surface area contributed by atoms with E-state index < -0.39 is 11.9 Å². The van der Waals surface area contributed by atoms with E-state index in [2.05, 4.69) is 41.5 Å². The molecule has 0 spiro atoms. The number of fused-ring (bicyclic) bond motifs is 1. The quantitative estimate of drug-likeness (QED) is 0.0667. The van der Waals surface area contributed by atoms with Gasteiger partial charge in [-0.05, 0) is 94.2 Å². The second-order valence-corrected chi connectivity index (χ2v) is 14.6. The number of unbranched alkanes of at least 4 members (excludes halogenated alkanes) is 8. The molecule has 278 valence electrons. The fraction of sp³-hybridized carbons (Fsp3) is 0.810. The van der Waals surface area contributed by atoms with E-state index in [9.17, 15) is 9.59 Å². The Morgan fingerprint density at radius 3 is 1.90 bits per heavy atom. The monoisotopic (exact) mass is 675 g/mol. The predicted octanol–water partition coefficient (Wildman–Crippen LogP) is 12.0. The van der Waals surface area contributed by atoms with E-state index in [1.54, 1.807) is 0 Å². The van der Waals surface area contributed by atoms with Crippen molar-refractivity contribution in [3.63, 3.8) is 0 Å². The van der Waals surface area contributed by atoms with Gasteiger partial charge < -0.3 is 19.3 Å². The molecule has 1 aliphatic heterocycles. The summed E-state index contributed by atoms with van der Waals surface area (Å²) in [6, 6.07) is 0. The van der Waals surface area contributed by atoms with Crippen molar-refractivity contribution >= 4 is 11.9 Å². The Hall–Kier alpha value is -2.08. The minimum atomic E-state index is -0.996. The maximum Gasteiger partial charge on any atom is 0.311 e. The van der Waals surface area contributed by atoms with Gasteiger partial charge in [-0.25, -0.2) is 0 Å². The Balaban J connectivity index is 0.000000747. The molecule has 6 heteroatoms. The van der Waals surface area contributed by atoms with Crippen molar-refractivity contribution in [1.29, 1.82) is 0 Å². The topological polar surface area (TPSA) is 82.1 Å². The van der Waals surface area contributed by atoms with Gasteiger partial charge in [-0.1, -0.05) is 112 Å². The first kappa shape index (κ1) is 43.9. The average Bonchev–Trinajstić information content (AvgIpc) is 3.07. The van der Waals surface area contributed by atoms with Gasteiger partial charge in [-0.15, -0.1) is 0 Å². The van der Waals surface area contributed by atoms with Gasteiger partial charge in [0, 0.05) is 12.2 Å². The second kappa shape index (κ2) is 25.8. The molecule has 0 aromatic heterocycles. The minimum absolute atomic E-state index is 0.124. The molecule has 1 aromatic rings. The fourth-order valence-corrected chi connectivity index (χ4v) is 6.66. The van der Waals surface area contributed by atoms with Crippen LogP contribution in [0.2, 0.25) is 0 Å². The molecule has 0 radical (unpaired) electrons. The van der Waals surface area contributed by atoms with Crippen molar-refractivity contribution < 1.29 is 28.9 Å². The Morgan fingerprint density at radius 1 is 0.771 bits per heavy atom. The van der Waals surface area contributed by atoms with E-state index in [1.165, 1.54) is 83.5 Å². The molecule has 1 N–H and O–H groups in total. The van der Waals surface area contributed by atoms with Gasteiger partial charge in [0.2, 0.25) is 0 Å². The molecule has 0 fully saturated rings. The smallest absolute Gasteiger partial charge is 0.311 e. The van der Waals surface area contributed by atoms with Crippen molar-refractivity contribution in [2.45, 2.75) is 203 Å². The highest BCUT2D eigenvalue weighted by Crippen LogP contribution is 2.42. The average molecular weight is 675 g/mol. The number of benzene rings is 1. The van der Waals surface area contributed by atoms with E-state index in [-0.39, 0.29) is 18.9 Å². The summed E-state index contributed by atoms with van der Waals surface area (Å²) < 4.78 is 17.8.